The summed E-state index contributed by atoms with van der Waals surface area (Å²) in [5, 5.41) is 38.0. The maximum absolute atomic E-state index is 13.1. The number of hydrogen-bond donors (Lipinski definition) is 4. The van der Waals surface area contributed by atoms with Crippen molar-refractivity contribution in [2.45, 2.75) is 51.4 Å². The number of aliphatic hydroxyl groups excluding tert-OH is 4. The first-order valence-electron chi connectivity index (χ1n) is 16.7. The molecule has 0 aromatic heterocycles. The van der Waals surface area contributed by atoms with Gasteiger partial charge in [-0.25, -0.2) is 17.6 Å². The van der Waals surface area contributed by atoms with E-state index in [-0.39, 0.29) is 73.4 Å². The Hall–Kier alpha value is -3.56. The normalized spacial score (nSPS) is 13.7. The summed E-state index contributed by atoms with van der Waals surface area (Å²) in [7, 11) is 0. The van der Waals surface area contributed by atoms with E-state index in [0.717, 1.165) is 35.1 Å². The number of halogens is 4. The Kier molecular flexibility index (Phi) is 17.4. The molecule has 48 heavy (non-hydrogen) atoms. The summed E-state index contributed by atoms with van der Waals surface area (Å²) in [6.07, 6.45) is 5.60. The summed E-state index contributed by atoms with van der Waals surface area (Å²) < 4.78 is 52.2. The van der Waals surface area contributed by atoms with Gasteiger partial charge in [0.25, 0.3) is 0 Å². The molecule has 4 rings (SSSR count). The topological polar surface area (TPSA) is 80.9 Å². The van der Waals surface area contributed by atoms with Crippen molar-refractivity contribution >= 4 is 0 Å². The van der Waals surface area contributed by atoms with E-state index >= 15 is 0 Å². The second-order valence-corrected chi connectivity index (χ2v) is 12.5. The predicted octanol–water partition coefficient (Wildman–Crippen LogP) is 7.49. The van der Waals surface area contributed by atoms with Crippen molar-refractivity contribution in [3.63, 3.8) is 0 Å². The fourth-order valence-corrected chi connectivity index (χ4v) is 6.17. The molecule has 260 valence electrons. The zero-order chi connectivity index (χ0) is 34.7. The molecule has 0 spiro atoms. The van der Waals surface area contributed by atoms with E-state index < -0.39 is 0 Å². The van der Waals surface area contributed by atoms with Gasteiger partial charge in [0.2, 0.25) is 0 Å². The van der Waals surface area contributed by atoms with Crippen LogP contribution in [0.5, 0.6) is 0 Å². The molecule has 0 aliphatic carbocycles. The molecule has 4 nitrogen and oxygen atoms in total. The lowest BCUT2D eigenvalue weighted by atomic mass is 9.80. The fraction of sp³-hybridized carbons (Fsp3) is 0.400. The van der Waals surface area contributed by atoms with Crippen LogP contribution in [-0.2, 0) is 25.7 Å². The molecular weight excluding hydrogens is 620 g/mol. The van der Waals surface area contributed by atoms with Crippen molar-refractivity contribution in [3.8, 4) is 0 Å². The van der Waals surface area contributed by atoms with Gasteiger partial charge in [0.1, 0.15) is 23.3 Å². The van der Waals surface area contributed by atoms with E-state index in [1.807, 2.05) is 0 Å². The summed E-state index contributed by atoms with van der Waals surface area (Å²) >= 11 is 0. The van der Waals surface area contributed by atoms with Gasteiger partial charge >= 0.3 is 0 Å². The third kappa shape index (κ3) is 13.9. The van der Waals surface area contributed by atoms with Gasteiger partial charge in [0.15, 0.2) is 0 Å². The summed E-state index contributed by atoms with van der Waals surface area (Å²) in [5.41, 5.74) is 3.97. The smallest absolute Gasteiger partial charge is 0.123 e. The average molecular weight is 669 g/mol. The summed E-state index contributed by atoms with van der Waals surface area (Å²) in [6.45, 7) is 0.257. The summed E-state index contributed by atoms with van der Waals surface area (Å²) in [4.78, 5) is 0. The molecule has 0 aliphatic rings. The Morgan fingerprint density at radius 2 is 0.583 bits per heavy atom. The van der Waals surface area contributed by atoms with E-state index in [9.17, 15) is 27.8 Å². The maximum atomic E-state index is 13.1. The van der Waals surface area contributed by atoms with E-state index in [1.165, 1.54) is 48.5 Å². The molecule has 0 amide bonds. The highest BCUT2D eigenvalue weighted by molar-refractivity contribution is 5.20. The van der Waals surface area contributed by atoms with Gasteiger partial charge in [0, 0.05) is 26.4 Å². The molecule has 0 bridgehead atoms. The van der Waals surface area contributed by atoms with Gasteiger partial charge in [-0.2, -0.15) is 0 Å². The third-order valence-electron chi connectivity index (χ3n) is 8.91. The van der Waals surface area contributed by atoms with Crippen LogP contribution in [0.3, 0.4) is 0 Å². The van der Waals surface area contributed by atoms with Crippen LogP contribution in [0.15, 0.2) is 97.1 Å². The van der Waals surface area contributed by atoms with Crippen molar-refractivity contribution in [1.82, 2.24) is 0 Å². The van der Waals surface area contributed by atoms with Gasteiger partial charge in [-0.3, -0.25) is 0 Å². The number of benzene rings is 4. The second-order valence-electron chi connectivity index (χ2n) is 12.5. The second kappa shape index (κ2) is 21.4. The van der Waals surface area contributed by atoms with Crippen molar-refractivity contribution < 1.29 is 38.0 Å². The number of aliphatic hydroxyl groups is 4. The Balaban J connectivity index is 0.000000260. The molecule has 0 fully saturated rings. The average Bonchev–Trinajstić information content (AvgIpc) is 3.10. The predicted molar refractivity (Wildman–Crippen MR) is 181 cm³/mol. The van der Waals surface area contributed by atoms with Gasteiger partial charge in [-0.1, -0.05) is 48.5 Å². The van der Waals surface area contributed by atoms with Crippen molar-refractivity contribution in [2.24, 2.45) is 23.7 Å². The Morgan fingerprint density at radius 3 is 0.792 bits per heavy atom. The molecular formula is C40H48F4O4. The molecule has 0 saturated heterocycles. The molecule has 4 aromatic carbocycles. The largest absolute Gasteiger partial charge is 0.396 e. The van der Waals surface area contributed by atoms with Crippen LogP contribution < -0.4 is 0 Å². The Labute approximate surface area is 281 Å². The maximum Gasteiger partial charge on any atom is 0.123 e. The van der Waals surface area contributed by atoms with Gasteiger partial charge in [-0.15, -0.1) is 0 Å². The molecule has 4 aromatic rings. The summed E-state index contributed by atoms with van der Waals surface area (Å²) in [5.74, 6) is -0.745. The molecule has 0 aliphatic heterocycles. The molecule has 4 atom stereocenters. The first-order chi connectivity index (χ1) is 23.2. The van der Waals surface area contributed by atoms with Crippen LogP contribution in [0, 0.1) is 46.9 Å². The van der Waals surface area contributed by atoms with E-state index in [4.69, 9.17) is 10.2 Å². The van der Waals surface area contributed by atoms with Crippen molar-refractivity contribution in [3.05, 3.63) is 143 Å². The highest BCUT2D eigenvalue weighted by atomic mass is 19.1. The lowest BCUT2D eigenvalue weighted by Gasteiger charge is -2.26. The lowest BCUT2D eigenvalue weighted by molar-refractivity contribution is 0.158. The minimum Gasteiger partial charge on any atom is -0.396 e. The minimum absolute atomic E-state index is 0.00654. The molecule has 0 saturated carbocycles. The first-order valence-corrected chi connectivity index (χ1v) is 16.7. The van der Waals surface area contributed by atoms with Gasteiger partial charge < -0.3 is 20.4 Å². The van der Waals surface area contributed by atoms with Crippen LogP contribution in [-0.4, -0.2) is 46.9 Å². The van der Waals surface area contributed by atoms with Crippen molar-refractivity contribution in [2.75, 3.05) is 26.4 Å². The van der Waals surface area contributed by atoms with Crippen LogP contribution >= 0.6 is 0 Å². The van der Waals surface area contributed by atoms with E-state index in [0.29, 0.717) is 38.5 Å². The standard InChI is InChI=1S/2C20H24F2O2/c2*21-19-7-3-15(4-8-19)12-17(2-1-11-23)18(14-24)13-16-5-9-20(22)10-6-16/h2*3-10,17-18,23-24H,1-2,11-14H2/t2*17-,18+/m10/s1. The highest BCUT2D eigenvalue weighted by Crippen LogP contribution is 2.28. The molecule has 0 heterocycles. The quantitative estimate of drug-likeness (QED) is 0.0829. The van der Waals surface area contributed by atoms with Crippen molar-refractivity contribution in [1.29, 1.82) is 0 Å². The minimum atomic E-state index is -0.276. The fourth-order valence-electron chi connectivity index (χ4n) is 6.17. The van der Waals surface area contributed by atoms with Crippen LogP contribution in [0.1, 0.15) is 47.9 Å². The zero-order valence-corrected chi connectivity index (χ0v) is 27.3. The lowest BCUT2D eigenvalue weighted by Crippen LogP contribution is -2.23. The molecule has 0 radical (unpaired) electrons. The monoisotopic (exact) mass is 668 g/mol. The van der Waals surface area contributed by atoms with Crippen LogP contribution in [0.4, 0.5) is 17.6 Å². The molecule has 4 N–H and O–H groups in total. The molecule has 8 heteroatoms. The Bertz CT molecular complexity index is 1300. The van der Waals surface area contributed by atoms with E-state index in [1.54, 1.807) is 48.5 Å². The third-order valence-corrected chi connectivity index (χ3v) is 8.91. The molecule has 0 unspecified atom stereocenters. The number of rotatable bonds is 18. The van der Waals surface area contributed by atoms with Crippen LogP contribution in [0.2, 0.25) is 0 Å². The first kappa shape index (κ1) is 38.9. The van der Waals surface area contributed by atoms with E-state index in [2.05, 4.69) is 0 Å². The van der Waals surface area contributed by atoms with Crippen LogP contribution in [0.25, 0.3) is 0 Å². The Morgan fingerprint density at radius 1 is 0.354 bits per heavy atom. The summed E-state index contributed by atoms with van der Waals surface area (Å²) in [6, 6.07) is 25.4. The SMILES string of the molecule is OCCC[C@@H](Cc1ccc(F)cc1)[C@@H](CO)Cc1ccc(F)cc1.OCCC[C@H](Cc1ccc(F)cc1)[C@H](CO)Cc1ccc(F)cc1. The van der Waals surface area contributed by atoms with Gasteiger partial charge in [0.05, 0.1) is 0 Å². The van der Waals surface area contributed by atoms with Gasteiger partial charge in [-0.05, 0) is 146 Å². The number of hydrogen-bond acceptors (Lipinski definition) is 4. The highest BCUT2D eigenvalue weighted by Gasteiger charge is 2.23. The zero-order valence-electron chi connectivity index (χ0n) is 27.3.